The second-order valence-electron chi connectivity index (χ2n) is 8.66. The number of nitrogens with one attached hydrogen (secondary N) is 1. The fourth-order valence-corrected chi connectivity index (χ4v) is 4.82. The lowest BCUT2D eigenvalue weighted by Gasteiger charge is -2.20. The number of para-hydroxylation sites is 2. The lowest BCUT2D eigenvalue weighted by atomic mass is 9.89. The first-order valence-corrected chi connectivity index (χ1v) is 11.5. The van der Waals surface area contributed by atoms with Gasteiger partial charge in [-0.15, -0.1) is 0 Å². The summed E-state index contributed by atoms with van der Waals surface area (Å²) < 4.78 is 2.30. The van der Waals surface area contributed by atoms with E-state index in [1.54, 1.807) is 0 Å². The van der Waals surface area contributed by atoms with Crippen LogP contribution in [0, 0.1) is 5.92 Å². The van der Waals surface area contributed by atoms with Crippen LogP contribution in [0.2, 0.25) is 0 Å². The number of amides is 1. The number of hydrogen-bond donors (Lipinski definition) is 1. The molecule has 1 heterocycles. The highest BCUT2D eigenvalue weighted by Crippen LogP contribution is 2.24. The van der Waals surface area contributed by atoms with Crippen molar-refractivity contribution in [3.05, 3.63) is 78.1 Å². The maximum Gasteiger partial charge on any atom is 0.223 e. The highest BCUT2D eigenvalue weighted by atomic mass is 16.1. The average Bonchev–Trinajstić information content (AvgIpc) is 3.16. The van der Waals surface area contributed by atoms with E-state index in [0.29, 0.717) is 6.54 Å². The second-order valence-corrected chi connectivity index (χ2v) is 8.66. The Morgan fingerprint density at radius 2 is 1.71 bits per heavy atom. The van der Waals surface area contributed by atoms with E-state index in [4.69, 9.17) is 4.98 Å². The zero-order valence-corrected chi connectivity index (χ0v) is 17.9. The molecule has 1 fully saturated rings. The lowest BCUT2D eigenvalue weighted by molar-refractivity contribution is -0.125. The molecule has 1 aliphatic rings. The molecule has 1 aliphatic carbocycles. The minimum atomic E-state index is 0.199. The second kappa shape index (κ2) is 8.93. The van der Waals surface area contributed by atoms with Crippen molar-refractivity contribution in [3.8, 4) is 0 Å². The van der Waals surface area contributed by atoms with Crippen LogP contribution in [0.15, 0.2) is 66.7 Å². The normalized spacial score (nSPS) is 14.8. The Hall–Kier alpha value is -3.14. The molecular formula is C27H29N3O. The van der Waals surface area contributed by atoms with Crippen LogP contribution in [0.5, 0.6) is 0 Å². The molecule has 1 amide bonds. The molecule has 1 N–H and O–H groups in total. The Labute approximate surface area is 183 Å². The fraction of sp³-hybridized carbons (Fsp3) is 0.333. The molecule has 0 radical (unpaired) electrons. The molecule has 0 bridgehead atoms. The molecule has 0 unspecified atom stereocenters. The van der Waals surface area contributed by atoms with E-state index in [-0.39, 0.29) is 11.8 Å². The maximum atomic E-state index is 12.5. The minimum absolute atomic E-state index is 0.199. The molecule has 1 aromatic heterocycles. The van der Waals surface area contributed by atoms with Gasteiger partial charge in [0.05, 0.1) is 11.0 Å². The molecule has 0 saturated heterocycles. The van der Waals surface area contributed by atoms with Crippen molar-refractivity contribution in [2.24, 2.45) is 5.92 Å². The van der Waals surface area contributed by atoms with Gasteiger partial charge in [0.1, 0.15) is 5.82 Å². The highest BCUT2D eigenvalue weighted by Gasteiger charge is 2.20. The molecule has 1 saturated carbocycles. The summed E-state index contributed by atoms with van der Waals surface area (Å²) in [6, 6.07) is 23.4. The SMILES string of the molecule is O=C(NCCc1nc2ccccc2n1Cc1ccc2ccccc2c1)C1CCCCC1. The van der Waals surface area contributed by atoms with Crippen LogP contribution < -0.4 is 5.32 Å². The third kappa shape index (κ3) is 4.34. The van der Waals surface area contributed by atoms with Crippen molar-refractivity contribution in [1.29, 1.82) is 0 Å². The fourth-order valence-electron chi connectivity index (χ4n) is 4.82. The molecule has 0 aliphatic heterocycles. The molecular weight excluding hydrogens is 382 g/mol. The summed E-state index contributed by atoms with van der Waals surface area (Å²) in [7, 11) is 0. The van der Waals surface area contributed by atoms with E-state index in [1.165, 1.54) is 35.6 Å². The Balaban J connectivity index is 1.35. The van der Waals surface area contributed by atoms with Gasteiger partial charge in [0, 0.05) is 25.4 Å². The molecule has 4 nitrogen and oxygen atoms in total. The zero-order chi connectivity index (χ0) is 21.0. The van der Waals surface area contributed by atoms with Crippen molar-refractivity contribution >= 4 is 27.7 Å². The van der Waals surface area contributed by atoms with Gasteiger partial charge in [-0.2, -0.15) is 0 Å². The molecule has 158 valence electrons. The lowest BCUT2D eigenvalue weighted by Crippen LogP contribution is -2.33. The summed E-state index contributed by atoms with van der Waals surface area (Å²) in [5, 5.41) is 5.68. The van der Waals surface area contributed by atoms with E-state index < -0.39 is 0 Å². The Bertz CT molecular complexity index is 1200. The smallest absolute Gasteiger partial charge is 0.223 e. The number of rotatable bonds is 6. The summed E-state index contributed by atoms with van der Waals surface area (Å²) in [6.45, 7) is 1.41. The van der Waals surface area contributed by atoms with E-state index >= 15 is 0 Å². The van der Waals surface area contributed by atoms with Crippen molar-refractivity contribution < 1.29 is 4.79 Å². The average molecular weight is 412 g/mol. The molecule has 4 aromatic rings. The molecule has 3 aromatic carbocycles. The van der Waals surface area contributed by atoms with Crippen molar-refractivity contribution in [2.75, 3.05) is 6.54 Å². The highest BCUT2D eigenvalue weighted by molar-refractivity contribution is 5.83. The van der Waals surface area contributed by atoms with E-state index in [1.807, 2.05) is 6.07 Å². The number of imidazole rings is 1. The first kappa shape index (κ1) is 19.8. The van der Waals surface area contributed by atoms with Crippen molar-refractivity contribution in [2.45, 2.75) is 45.1 Å². The summed E-state index contributed by atoms with van der Waals surface area (Å²) in [6.07, 6.45) is 6.43. The number of aromatic nitrogens is 2. The van der Waals surface area contributed by atoms with Gasteiger partial charge in [0.2, 0.25) is 5.91 Å². The van der Waals surface area contributed by atoms with E-state index in [2.05, 4.69) is 70.5 Å². The van der Waals surface area contributed by atoms with Gasteiger partial charge < -0.3 is 9.88 Å². The third-order valence-corrected chi connectivity index (χ3v) is 6.51. The van der Waals surface area contributed by atoms with Gasteiger partial charge >= 0.3 is 0 Å². The molecule has 0 spiro atoms. The van der Waals surface area contributed by atoms with Gasteiger partial charge in [0.15, 0.2) is 0 Å². The van der Waals surface area contributed by atoms with Crippen molar-refractivity contribution in [1.82, 2.24) is 14.9 Å². The standard InChI is InChI=1S/C27H29N3O/c31-27(22-9-2-1-3-10-22)28-17-16-26-29-24-12-6-7-13-25(24)30(26)19-20-14-15-21-8-4-5-11-23(21)18-20/h4-8,11-15,18,22H,1-3,9-10,16-17,19H2,(H,28,31). The van der Waals surface area contributed by atoms with Gasteiger partial charge in [-0.05, 0) is 47.4 Å². The van der Waals surface area contributed by atoms with Crippen LogP contribution in [-0.2, 0) is 17.8 Å². The van der Waals surface area contributed by atoms with E-state index in [0.717, 1.165) is 42.7 Å². The van der Waals surface area contributed by atoms with Gasteiger partial charge in [-0.25, -0.2) is 4.98 Å². The topological polar surface area (TPSA) is 46.9 Å². The van der Waals surface area contributed by atoms with Crippen LogP contribution >= 0.6 is 0 Å². The van der Waals surface area contributed by atoms with E-state index in [9.17, 15) is 4.79 Å². The minimum Gasteiger partial charge on any atom is -0.355 e. The quantitative estimate of drug-likeness (QED) is 0.457. The predicted molar refractivity (Wildman–Crippen MR) is 126 cm³/mol. The Morgan fingerprint density at radius 1 is 0.935 bits per heavy atom. The molecule has 5 rings (SSSR count). The largest absolute Gasteiger partial charge is 0.355 e. The van der Waals surface area contributed by atoms with Crippen molar-refractivity contribution in [3.63, 3.8) is 0 Å². The third-order valence-electron chi connectivity index (χ3n) is 6.51. The molecule has 4 heteroatoms. The predicted octanol–water partition coefficient (Wildman–Crippen LogP) is 5.48. The number of benzene rings is 3. The number of carbonyl (C=O) groups excluding carboxylic acids is 1. The zero-order valence-electron chi connectivity index (χ0n) is 17.9. The van der Waals surface area contributed by atoms with Crippen LogP contribution in [-0.4, -0.2) is 22.0 Å². The first-order chi connectivity index (χ1) is 15.3. The van der Waals surface area contributed by atoms with Crippen LogP contribution in [0.3, 0.4) is 0 Å². The first-order valence-electron chi connectivity index (χ1n) is 11.5. The van der Waals surface area contributed by atoms with Crippen LogP contribution in [0.1, 0.15) is 43.5 Å². The van der Waals surface area contributed by atoms with Gasteiger partial charge in [-0.1, -0.05) is 67.8 Å². The summed E-state index contributed by atoms with van der Waals surface area (Å²) in [5.74, 6) is 1.44. The van der Waals surface area contributed by atoms with Gasteiger partial charge in [-0.3, -0.25) is 4.79 Å². The van der Waals surface area contributed by atoms with Crippen LogP contribution in [0.25, 0.3) is 21.8 Å². The maximum absolute atomic E-state index is 12.5. The van der Waals surface area contributed by atoms with Gasteiger partial charge in [0.25, 0.3) is 0 Å². The molecule has 31 heavy (non-hydrogen) atoms. The monoisotopic (exact) mass is 411 g/mol. The summed E-state index contributed by atoms with van der Waals surface area (Å²) in [4.78, 5) is 17.4. The number of fused-ring (bicyclic) bond motifs is 2. The number of carbonyl (C=O) groups is 1. The van der Waals surface area contributed by atoms with Crippen LogP contribution in [0.4, 0.5) is 0 Å². The number of hydrogen-bond acceptors (Lipinski definition) is 2. The molecule has 0 atom stereocenters. The summed E-state index contributed by atoms with van der Waals surface area (Å²) in [5.41, 5.74) is 3.41. The number of nitrogens with zero attached hydrogens (tertiary/aromatic N) is 2. The Morgan fingerprint density at radius 3 is 2.58 bits per heavy atom. The summed E-state index contributed by atoms with van der Waals surface area (Å²) >= 11 is 0. The Kier molecular flexibility index (Phi) is 5.70.